The molecule has 2 aromatic rings. The molecule has 0 saturated heterocycles. The number of aromatic nitrogens is 1. The monoisotopic (exact) mass is 317 g/mol. The first-order valence-electron chi connectivity index (χ1n) is 6.85. The highest BCUT2D eigenvalue weighted by atomic mass is 19.1. The van der Waals surface area contributed by atoms with Crippen LogP contribution in [0, 0.1) is 11.6 Å². The number of hydrogen-bond acceptors (Lipinski definition) is 4. The quantitative estimate of drug-likeness (QED) is 0.940. The molecule has 1 N–H and O–H groups in total. The molecular formula is C16H13F2N3O2. The largest absolute Gasteiger partial charge is 0.478 e. The number of nitrogens with zero attached hydrogens (tertiary/aromatic N) is 3. The van der Waals surface area contributed by atoms with E-state index in [1.165, 1.54) is 18.3 Å². The van der Waals surface area contributed by atoms with Crippen molar-refractivity contribution >= 4 is 11.8 Å². The molecule has 0 fully saturated rings. The molecule has 7 heteroatoms. The second kappa shape index (κ2) is 6.04. The Morgan fingerprint density at radius 3 is 2.83 bits per heavy atom. The Kier molecular flexibility index (Phi) is 3.92. The average Bonchev–Trinajstić information content (AvgIpc) is 3.00. The van der Waals surface area contributed by atoms with E-state index in [2.05, 4.69) is 4.98 Å². The fraction of sp³-hybridized carbons (Fsp3) is 0.125. The summed E-state index contributed by atoms with van der Waals surface area (Å²) in [5.41, 5.74) is 0.391. The van der Waals surface area contributed by atoms with E-state index in [4.69, 9.17) is 5.11 Å². The molecule has 1 aromatic heterocycles. The van der Waals surface area contributed by atoms with Gasteiger partial charge in [-0.15, -0.1) is 0 Å². The number of pyridine rings is 1. The molecule has 0 saturated carbocycles. The van der Waals surface area contributed by atoms with E-state index in [1.807, 2.05) is 0 Å². The molecule has 0 atom stereocenters. The van der Waals surface area contributed by atoms with E-state index in [-0.39, 0.29) is 17.7 Å². The third-order valence-electron chi connectivity index (χ3n) is 3.46. The number of hydrogen-bond donors (Lipinski definition) is 1. The summed E-state index contributed by atoms with van der Waals surface area (Å²) in [6.07, 6.45) is 4.85. The minimum Gasteiger partial charge on any atom is -0.478 e. The molecule has 3 rings (SSSR count). The number of rotatable bonds is 4. The van der Waals surface area contributed by atoms with Crippen LogP contribution in [0.1, 0.15) is 15.9 Å². The summed E-state index contributed by atoms with van der Waals surface area (Å²) in [5.74, 6) is -1.51. The summed E-state index contributed by atoms with van der Waals surface area (Å²) in [6.45, 7) is 0.571. The van der Waals surface area contributed by atoms with Gasteiger partial charge in [-0.1, -0.05) is 0 Å². The zero-order valence-electron chi connectivity index (χ0n) is 12.0. The number of carbonyl (C=O) groups is 1. The van der Waals surface area contributed by atoms with Crippen molar-refractivity contribution in [2.24, 2.45) is 0 Å². The van der Waals surface area contributed by atoms with E-state index < -0.39 is 17.6 Å². The van der Waals surface area contributed by atoms with Crippen LogP contribution in [0.3, 0.4) is 0 Å². The summed E-state index contributed by atoms with van der Waals surface area (Å²) >= 11 is 0. The average molecular weight is 317 g/mol. The normalized spacial score (nSPS) is 13.7. The SMILES string of the molecule is O=C(O)c1ccnc(N2C=CN(Cc3cc(F)ccc3F)C2)c1. The number of anilines is 1. The van der Waals surface area contributed by atoms with Gasteiger partial charge in [0.15, 0.2) is 0 Å². The summed E-state index contributed by atoms with van der Waals surface area (Å²) in [6, 6.07) is 6.20. The van der Waals surface area contributed by atoms with Crippen LogP contribution in [-0.2, 0) is 6.54 Å². The maximum Gasteiger partial charge on any atom is 0.335 e. The van der Waals surface area contributed by atoms with Gasteiger partial charge in [-0.2, -0.15) is 0 Å². The summed E-state index contributed by atoms with van der Waals surface area (Å²) in [7, 11) is 0. The number of carboxylic acid groups (broad SMARTS) is 1. The van der Waals surface area contributed by atoms with E-state index in [9.17, 15) is 13.6 Å². The lowest BCUT2D eigenvalue weighted by Crippen LogP contribution is -2.25. The zero-order chi connectivity index (χ0) is 16.4. The third-order valence-corrected chi connectivity index (χ3v) is 3.46. The molecule has 1 aliphatic rings. The van der Waals surface area contributed by atoms with E-state index in [1.54, 1.807) is 22.2 Å². The Morgan fingerprint density at radius 1 is 1.22 bits per heavy atom. The first-order chi connectivity index (χ1) is 11.0. The van der Waals surface area contributed by atoms with Crippen molar-refractivity contribution < 1.29 is 18.7 Å². The van der Waals surface area contributed by atoms with Crippen molar-refractivity contribution in [1.29, 1.82) is 0 Å². The second-order valence-electron chi connectivity index (χ2n) is 5.10. The van der Waals surface area contributed by atoms with Crippen molar-refractivity contribution in [3.63, 3.8) is 0 Å². The van der Waals surface area contributed by atoms with Gasteiger partial charge in [0.2, 0.25) is 0 Å². The Morgan fingerprint density at radius 2 is 2.04 bits per heavy atom. The smallest absolute Gasteiger partial charge is 0.335 e. The molecule has 5 nitrogen and oxygen atoms in total. The Bertz CT molecular complexity index is 780. The highest BCUT2D eigenvalue weighted by Crippen LogP contribution is 2.20. The first kappa shape index (κ1) is 15.0. The van der Waals surface area contributed by atoms with Gasteiger partial charge in [-0.05, 0) is 30.3 Å². The van der Waals surface area contributed by atoms with E-state index in [0.29, 0.717) is 12.5 Å². The number of halogens is 2. The fourth-order valence-electron chi connectivity index (χ4n) is 2.31. The van der Waals surface area contributed by atoms with Gasteiger partial charge in [0.05, 0.1) is 12.2 Å². The van der Waals surface area contributed by atoms with Crippen molar-refractivity contribution in [2.45, 2.75) is 6.54 Å². The third kappa shape index (κ3) is 3.28. The molecule has 1 aliphatic heterocycles. The predicted molar refractivity (Wildman–Crippen MR) is 79.6 cm³/mol. The fourth-order valence-corrected chi connectivity index (χ4v) is 2.31. The summed E-state index contributed by atoms with van der Waals surface area (Å²) < 4.78 is 26.9. The molecule has 118 valence electrons. The van der Waals surface area contributed by atoms with E-state index >= 15 is 0 Å². The topological polar surface area (TPSA) is 56.7 Å². The lowest BCUT2D eigenvalue weighted by molar-refractivity contribution is 0.0697. The highest BCUT2D eigenvalue weighted by molar-refractivity contribution is 5.88. The van der Waals surface area contributed by atoms with Crippen LogP contribution >= 0.6 is 0 Å². The molecule has 0 unspecified atom stereocenters. The number of carboxylic acids is 1. The maximum atomic E-state index is 13.7. The van der Waals surface area contributed by atoms with Crippen LogP contribution in [0.15, 0.2) is 48.9 Å². The zero-order valence-corrected chi connectivity index (χ0v) is 12.0. The molecule has 0 spiro atoms. The van der Waals surface area contributed by atoms with Crippen LogP contribution in [-0.4, -0.2) is 27.6 Å². The Hall–Kier alpha value is -2.96. The van der Waals surface area contributed by atoms with Gasteiger partial charge in [0, 0.05) is 30.7 Å². The predicted octanol–water partition coefficient (Wildman–Crippen LogP) is 2.81. The first-order valence-corrected chi connectivity index (χ1v) is 6.85. The number of aromatic carboxylic acids is 1. The van der Waals surface area contributed by atoms with Crippen molar-refractivity contribution in [1.82, 2.24) is 9.88 Å². The van der Waals surface area contributed by atoms with Crippen LogP contribution < -0.4 is 4.90 Å². The van der Waals surface area contributed by atoms with Gasteiger partial charge in [0.1, 0.15) is 17.5 Å². The lowest BCUT2D eigenvalue weighted by Gasteiger charge is -2.21. The van der Waals surface area contributed by atoms with Gasteiger partial charge in [-0.25, -0.2) is 18.6 Å². The van der Waals surface area contributed by atoms with Gasteiger partial charge in [0.25, 0.3) is 0 Å². The number of benzene rings is 1. The minimum absolute atomic E-state index is 0.137. The van der Waals surface area contributed by atoms with E-state index in [0.717, 1.165) is 18.2 Å². The minimum atomic E-state index is -1.03. The molecule has 0 aliphatic carbocycles. The van der Waals surface area contributed by atoms with Gasteiger partial charge >= 0.3 is 5.97 Å². The van der Waals surface area contributed by atoms with Crippen LogP contribution in [0.25, 0.3) is 0 Å². The van der Waals surface area contributed by atoms with Crippen LogP contribution in [0.2, 0.25) is 0 Å². The molecule has 0 bridgehead atoms. The van der Waals surface area contributed by atoms with Crippen molar-refractivity contribution in [3.8, 4) is 0 Å². The standard InChI is InChI=1S/C16H13F2N3O2/c17-13-1-2-14(18)12(7-13)9-20-5-6-21(10-20)15-8-11(16(22)23)3-4-19-15/h1-8H,9-10H2,(H,22,23). The Balaban J connectivity index is 1.72. The van der Waals surface area contributed by atoms with Crippen LogP contribution in [0.4, 0.5) is 14.6 Å². The van der Waals surface area contributed by atoms with Crippen LogP contribution in [0.5, 0.6) is 0 Å². The molecule has 2 heterocycles. The molecule has 23 heavy (non-hydrogen) atoms. The second-order valence-corrected chi connectivity index (χ2v) is 5.10. The van der Waals surface area contributed by atoms with Gasteiger partial charge < -0.3 is 14.9 Å². The summed E-state index contributed by atoms with van der Waals surface area (Å²) in [4.78, 5) is 18.6. The van der Waals surface area contributed by atoms with Crippen molar-refractivity contribution in [2.75, 3.05) is 11.6 Å². The molecule has 0 radical (unpaired) electrons. The maximum absolute atomic E-state index is 13.7. The summed E-state index contributed by atoms with van der Waals surface area (Å²) in [5, 5.41) is 9.00. The Labute approximate surface area is 131 Å². The lowest BCUT2D eigenvalue weighted by atomic mass is 10.2. The molecular weight excluding hydrogens is 304 g/mol. The highest BCUT2D eigenvalue weighted by Gasteiger charge is 2.17. The molecule has 0 amide bonds. The van der Waals surface area contributed by atoms with Gasteiger partial charge in [-0.3, -0.25) is 0 Å². The molecule has 1 aromatic carbocycles. The van der Waals surface area contributed by atoms with Crippen molar-refractivity contribution in [3.05, 3.63) is 71.7 Å².